The first-order valence-electron chi connectivity index (χ1n) is 3.49. The molecule has 0 heterocycles. The van der Waals surface area contributed by atoms with Gasteiger partial charge in [0.05, 0.1) is 23.2 Å². The van der Waals surface area contributed by atoms with Crippen LogP contribution in [0, 0.1) is 16.7 Å². The van der Waals surface area contributed by atoms with Gasteiger partial charge in [-0.25, -0.2) is 0 Å². The van der Waals surface area contributed by atoms with Gasteiger partial charge < -0.3 is 11.1 Å². The van der Waals surface area contributed by atoms with E-state index in [-0.39, 0.29) is 17.7 Å². The van der Waals surface area contributed by atoms with Crippen molar-refractivity contribution < 1.29 is 0 Å². The van der Waals surface area contributed by atoms with Crippen molar-refractivity contribution in [1.29, 1.82) is 10.8 Å². The number of hydrogen-bond acceptors (Lipinski definition) is 4. The molecule has 0 spiro atoms. The Hall–Kier alpha value is -1.03. The number of nitrogens with one attached hydrogen (secondary N) is 2. The van der Waals surface area contributed by atoms with Crippen LogP contribution in [-0.2, 0) is 0 Å². The maximum atomic E-state index is 7.44. The summed E-state index contributed by atoms with van der Waals surface area (Å²) in [6.45, 7) is 1.85. The standard InChI is InChI=1S/C7H12N4/c1-3-4(8)6(10)7(11-2)5(3)9/h3,5,8,10H,9H2,1-2H3. The van der Waals surface area contributed by atoms with E-state index in [2.05, 4.69) is 4.99 Å². The van der Waals surface area contributed by atoms with Crippen LogP contribution < -0.4 is 5.73 Å². The van der Waals surface area contributed by atoms with E-state index >= 15 is 0 Å². The Balaban J connectivity index is 3.05. The summed E-state index contributed by atoms with van der Waals surface area (Å²) in [6, 6.07) is -0.250. The summed E-state index contributed by atoms with van der Waals surface area (Å²) in [5, 5.41) is 14.9. The Kier molecular flexibility index (Phi) is 1.87. The first-order chi connectivity index (χ1) is 5.09. The molecular formula is C7H12N4. The topological polar surface area (TPSA) is 86.1 Å². The molecule has 2 unspecified atom stereocenters. The van der Waals surface area contributed by atoms with E-state index < -0.39 is 0 Å². The molecule has 0 bridgehead atoms. The van der Waals surface area contributed by atoms with Crippen molar-refractivity contribution in [2.45, 2.75) is 13.0 Å². The lowest BCUT2D eigenvalue weighted by Crippen LogP contribution is -2.32. The molecule has 0 saturated heterocycles. The van der Waals surface area contributed by atoms with Crippen LogP contribution in [0.25, 0.3) is 0 Å². The monoisotopic (exact) mass is 152 g/mol. The highest BCUT2D eigenvalue weighted by molar-refractivity contribution is 6.71. The van der Waals surface area contributed by atoms with Crippen molar-refractivity contribution in [2.75, 3.05) is 7.05 Å². The van der Waals surface area contributed by atoms with Gasteiger partial charge in [-0.2, -0.15) is 0 Å². The SMILES string of the molecule is CN=C1C(=N)C(=N)C(C)C1N. The number of aliphatic imine (C=N–C) groups is 1. The van der Waals surface area contributed by atoms with E-state index in [4.69, 9.17) is 16.6 Å². The van der Waals surface area contributed by atoms with Gasteiger partial charge in [0.1, 0.15) is 0 Å². The van der Waals surface area contributed by atoms with Gasteiger partial charge in [-0.3, -0.25) is 10.4 Å². The molecule has 4 N–H and O–H groups in total. The lowest BCUT2D eigenvalue weighted by atomic mass is 10.1. The average molecular weight is 152 g/mol. The van der Waals surface area contributed by atoms with Gasteiger partial charge in [0.25, 0.3) is 0 Å². The summed E-state index contributed by atoms with van der Waals surface area (Å²) >= 11 is 0. The first-order valence-corrected chi connectivity index (χ1v) is 3.49. The molecule has 0 aliphatic heterocycles. The van der Waals surface area contributed by atoms with Crippen LogP contribution in [0.2, 0.25) is 0 Å². The molecule has 1 aliphatic rings. The molecule has 11 heavy (non-hydrogen) atoms. The molecule has 0 radical (unpaired) electrons. The van der Waals surface area contributed by atoms with Crippen molar-refractivity contribution >= 4 is 17.1 Å². The van der Waals surface area contributed by atoms with Crippen LogP contribution in [-0.4, -0.2) is 30.2 Å². The largest absolute Gasteiger partial charge is 0.322 e. The highest BCUT2D eigenvalue weighted by Crippen LogP contribution is 2.15. The van der Waals surface area contributed by atoms with Gasteiger partial charge in [-0.05, 0) is 0 Å². The smallest absolute Gasteiger partial charge is 0.0978 e. The maximum absolute atomic E-state index is 7.44. The zero-order valence-corrected chi connectivity index (χ0v) is 6.68. The van der Waals surface area contributed by atoms with E-state index in [1.54, 1.807) is 7.05 Å². The van der Waals surface area contributed by atoms with E-state index in [1.165, 1.54) is 0 Å². The fraction of sp³-hybridized carbons (Fsp3) is 0.571. The second-order valence-corrected chi connectivity index (χ2v) is 2.71. The number of hydrogen-bond donors (Lipinski definition) is 3. The van der Waals surface area contributed by atoms with Gasteiger partial charge in [-0.1, -0.05) is 6.92 Å². The molecular weight excluding hydrogens is 140 g/mol. The molecule has 1 aliphatic carbocycles. The van der Waals surface area contributed by atoms with E-state index in [1.807, 2.05) is 6.92 Å². The van der Waals surface area contributed by atoms with Gasteiger partial charge in [-0.15, -0.1) is 0 Å². The molecule has 0 aromatic carbocycles. The lowest BCUT2D eigenvalue weighted by Gasteiger charge is -2.06. The van der Waals surface area contributed by atoms with Crippen molar-refractivity contribution in [3.8, 4) is 0 Å². The molecule has 1 fully saturated rings. The molecule has 1 saturated carbocycles. The van der Waals surface area contributed by atoms with Crippen LogP contribution in [0.15, 0.2) is 4.99 Å². The Morgan fingerprint density at radius 3 is 2.18 bits per heavy atom. The van der Waals surface area contributed by atoms with Gasteiger partial charge in [0, 0.05) is 13.0 Å². The zero-order valence-electron chi connectivity index (χ0n) is 6.68. The lowest BCUT2D eigenvalue weighted by molar-refractivity contribution is 0.715. The van der Waals surface area contributed by atoms with Crippen molar-refractivity contribution in [3.63, 3.8) is 0 Å². The Morgan fingerprint density at radius 1 is 1.45 bits per heavy atom. The summed E-state index contributed by atoms with van der Waals surface area (Å²) in [5.74, 6) is -0.0544. The molecule has 4 nitrogen and oxygen atoms in total. The average Bonchev–Trinajstić information content (AvgIpc) is 2.17. The van der Waals surface area contributed by atoms with Crippen LogP contribution >= 0.6 is 0 Å². The van der Waals surface area contributed by atoms with Crippen LogP contribution in [0.3, 0.4) is 0 Å². The van der Waals surface area contributed by atoms with Crippen molar-refractivity contribution in [2.24, 2.45) is 16.6 Å². The third kappa shape index (κ3) is 0.991. The Morgan fingerprint density at radius 2 is 2.00 bits per heavy atom. The zero-order chi connectivity index (χ0) is 8.59. The summed E-state index contributed by atoms with van der Waals surface area (Å²) in [5.41, 5.74) is 6.76. The van der Waals surface area contributed by atoms with Crippen LogP contribution in [0.5, 0.6) is 0 Å². The Labute approximate surface area is 65.5 Å². The van der Waals surface area contributed by atoms with Gasteiger partial charge >= 0.3 is 0 Å². The molecule has 60 valence electrons. The highest BCUT2D eigenvalue weighted by atomic mass is 14.8. The van der Waals surface area contributed by atoms with Gasteiger partial charge in [0.15, 0.2) is 0 Å². The Bertz CT molecular complexity index is 241. The fourth-order valence-corrected chi connectivity index (χ4v) is 1.21. The second-order valence-electron chi connectivity index (χ2n) is 2.71. The highest BCUT2D eigenvalue weighted by Gasteiger charge is 2.35. The summed E-state index contributed by atoms with van der Waals surface area (Å²) in [7, 11) is 1.61. The molecule has 1 rings (SSSR count). The third-order valence-corrected chi connectivity index (χ3v) is 2.08. The minimum Gasteiger partial charge on any atom is -0.322 e. The van der Waals surface area contributed by atoms with E-state index in [0.717, 1.165) is 0 Å². The normalized spacial score (nSPS) is 35.4. The number of nitrogens with two attached hydrogens (primary N) is 1. The molecule has 0 aromatic rings. The fourth-order valence-electron chi connectivity index (χ4n) is 1.21. The molecule has 0 amide bonds. The van der Waals surface area contributed by atoms with E-state index in [0.29, 0.717) is 11.4 Å². The predicted molar refractivity (Wildman–Crippen MR) is 46.0 cm³/mol. The van der Waals surface area contributed by atoms with E-state index in [9.17, 15) is 0 Å². The molecule has 4 heteroatoms. The van der Waals surface area contributed by atoms with Crippen LogP contribution in [0.4, 0.5) is 0 Å². The summed E-state index contributed by atoms with van der Waals surface area (Å²) < 4.78 is 0. The quantitative estimate of drug-likeness (QED) is 0.451. The third-order valence-electron chi connectivity index (χ3n) is 2.08. The first kappa shape index (κ1) is 8.07. The molecule has 0 aromatic heterocycles. The number of nitrogens with zero attached hydrogens (tertiary/aromatic N) is 1. The minimum absolute atomic E-state index is 0.0544. The summed E-state index contributed by atoms with van der Waals surface area (Å²) in [4.78, 5) is 3.88. The van der Waals surface area contributed by atoms with Crippen molar-refractivity contribution in [1.82, 2.24) is 0 Å². The predicted octanol–water partition coefficient (Wildman–Crippen LogP) is 0.0737. The second kappa shape index (κ2) is 2.54. The van der Waals surface area contributed by atoms with Crippen LogP contribution in [0.1, 0.15) is 6.92 Å². The minimum atomic E-state index is -0.250. The van der Waals surface area contributed by atoms with Gasteiger partial charge in [0.2, 0.25) is 0 Å². The molecule has 2 atom stereocenters. The van der Waals surface area contributed by atoms with Crippen molar-refractivity contribution in [3.05, 3.63) is 0 Å². The number of rotatable bonds is 0. The maximum Gasteiger partial charge on any atom is 0.0978 e. The summed E-state index contributed by atoms with van der Waals surface area (Å²) in [6.07, 6.45) is 0.